The van der Waals surface area contributed by atoms with Crippen molar-refractivity contribution >= 4 is 11.6 Å². The Labute approximate surface area is 58.2 Å². The van der Waals surface area contributed by atoms with Crippen LogP contribution >= 0.6 is 11.6 Å². The van der Waals surface area contributed by atoms with Gasteiger partial charge in [-0.05, 0) is 6.92 Å². The lowest BCUT2D eigenvalue weighted by molar-refractivity contribution is 0.0318. The molecule has 0 aliphatic carbocycles. The Morgan fingerprint density at radius 3 is 2.00 bits per heavy atom. The summed E-state index contributed by atoms with van der Waals surface area (Å²) in [5.74, 6) is 0. The summed E-state index contributed by atoms with van der Waals surface area (Å²) in [6.07, 6.45) is -2.14. The molecular weight excluding hydrogens is 144 g/mol. The summed E-state index contributed by atoms with van der Waals surface area (Å²) in [7, 11) is 0. The zero-order chi connectivity index (χ0) is 7.02. The maximum atomic E-state index is 8.98. The summed E-state index contributed by atoms with van der Waals surface area (Å²) in [6.45, 7) is 1.66. The number of halogens is 1. The van der Waals surface area contributed by atoms with Crippen LogP contribution in [-0.4, -0.2) is 34.1 Å². The summed E-state index contributed by atoms with van der Waals surface area (Å²) in [6, 6.07) is 0. The first kappa shape index (κ1) is 7.28. The second-order valence-corrected chi connectivity index (χ2v) is 2.60. The molecule has 1 aliphatic heterocycles. The van der Waals surface area contributed by atoms with Crippen molar-refractivity contribution in [2.24, 2.45) is 0 Å². The molecule has 0 radical (unpaired) electrons. The lowest BCUT2D eigenvalue weighted by Gasteiger charge is -2.07. The number of hydrogen-bond donors (Lipinski definition) is 2. The van der Waals surface area contributed by atoms with Gasteiger partial charge in [-0.2, -0.15) is 0 Å². The Hall–Kier alpha value is 0.170. The Kier molecular flexibility index (Phi) is 1.96. The standard InChI is InChI=1S/C5H9ClO3/c1-2-3(7)4(8)5(6)9-2/h2-5,7-8H,1H3/t2-,3?,4?,5-/m0/s1. The third-order valence-electron chi connectivity index (χ3n) is 1.44. The number of aliphatic hydroxyl groups excluding tert-OH is 2. The molecular formula is C5H9ClO3. The molecule has 1 fully saturated rings. The fourth-order valence-corrected chi connectivity index (χ4v) is 1.11. The Balaban J connectivity index is 2.54. The minimum Gasteiger partial charge on any atom is -0.388 e. The highest BCUT2D eigenvalue weighted by Crippen LogP contribution is 2.22. The molecule has 2 N–H and O–H groups in total. The van der Waals surface area contributed by atoms with Gasteiger partial charge in [0.25, 0.3) is 0 Å². The molecule has 54 valence electrons. The fraction of sp³-hybridized carbons (Fsp3) is 1.00. The van der Waals surface area contributed by atoms with Gasteiger partial charge in [0.15, 0.2) is 5.56 Å². The maximum absolute atomic E-state index is 8.98. The highest BCUT2D eigenvalue weighted by atomic mass is 35.5. The van der Waals surface area contributed by atoms with E-state index in [0.29, 0.717) is 0 Å². The number of alkyl halides is 1. The predicted molar refractivity (Wildman–Crippen MR) is 32.2 cm³/mol. The number of aliphatic hydroxyl groups is 2. The van der Waals surface area contributed by atoms with Crippen LogP contribution in [0.4, 0.5) is 0 Å². The molecule has 1 rings (SSSR count). The van der Waals surface area contributed by atoms with Gasteiger partial charge in [-0.15, -0.1) is 0 Å². The van der Waals surface area contributed by atoms with Crippen LogP contribution < -0.4 is 0 Å². The monoisotopic (exact) mass is 152 g/mol. The Bertz CT molecular complexity index is 96.4. The average Bonchev–Trinajstić information content (AvgIpc) is 1.98. The van der Waals surface area contributed by atoms with Crippen molar-refractivity contribution in [2.75, 3.05) is 0 Å². The summed E-state index contributed by atoms with van der Waals surface area (Å²) in [4.78, 5) is 0. The zero-order valence-electron chi connectivity index (χ0n) is 4.99. The smallest absolute Gasteiger partial charge is 0.160 e. The van der Waals surface area contributed by atoms with Crippen molar-refractivity contribution in [3.8, 4) is 0 Å². The van der Waals surface area contributed by atoms with Crippen molar-refractivity contribution in [1.82, 2.24) is 0 Å². The van der Waals surface area contributed by atoms with Gasteiger partial charge in [0.2, 0.25) is 0 Å². The van der Waals surface area contributed by atoms with Gasteiger partial charge < -0.3 is 14.9 Å². The van der Waals surface area contributed by atoms with Gasteiger partial charge in [-0.1, -0.05) is 11.6 Å². The van der Waals surface area contributed by atoms with Crippen LogP contribution in [-0.2, 0) is 4.74 Å². The van der Waals surface area contributed by atoms with E-state index in [1.165, 1.54) is 0 Å². The van der Waals surface area contributed by atoms with Crippen LogP contribution in [0.3, 0.4) is 0 Å². The molecule has 1 aliphatic rings. The minimum atomic E-state index is -0.943. The SMILES string of the molecule is C[C@@H]1O[C@H](Cl)C(O)C1O. The van der Waals surface area contributed by atoms with E-state index in [9.17, 15) is 0 Å². The van der Waals surface area contributed by atoms with Crippen LogP contribution in [0.15, 0.2) is 0 Å². The summed E-state index contributed by atoms with van der Waals surface area (Å²) < 4.78 is 4.85. The quantitative estimate of drug-likeness (QED) is 0.469. The topological polar surface area (TPSA) is 49.7 Å². The van der Waals surface area contributed by atoms with Crippen molar-refractivity contribution in [2.45, 2.75) is 30.8 Å². The summed E-state index contributed by atoms with van der Waals surface area (Å²) in [5, 5.41) is 17.9. The third-order valence-corrected chi connectivity index (χ3v) is 1.81. The van der Waals surface area contributed by atoms with Crippen molar-refractivity contribution in [1.29, 1.82) is 0 Å². The van der Waals surface area contributed by atoms with Gasteiger partial charge in [0.05, 0.1) is 6.10 Å². The molecule has 0 bridgehead atoms. The molecule has 0 aromatic heterocycles. The Morgan fingerprint density at radius 2 is 1.89 bits per heavy atom. The van der Waals surface area contributed by atoms with E-state index in [0.717, 1.165) is 0 Å². The highest BCUT2D eigenvalue weighted by molar-refractivity contribution is 6.20. The lowest BCUT2D eigenvalue weighted by Crippen LogP contribution is -2.29. The lowest BCUT2D eigenvalue weighted by atomic mass is 10.2. The minimum absolute atomic E-state index is 0.359. The Morgan fingerprint density at radius 1 is 1.33 bits per heavy atom. The normalized spacial score (nSPS) is 52.0. The van der Waals surface area contributed by atoms with E-state index in [1.54, 1.807) is 6.92 Å². The summed E-state index contributed by atoms with van der Waals surface area (Å²) in [5.41, 5.74) is -0.755. The van der Waals surface area contributed by atoms with Crippen LogP contribution in [0.1, 0.15) is 6.92 Å². The van der Waals surface area contributed by atoms with Crippen molar-refractivity contribution < 1.29 is 14.9 Å². The van der Waals surface area contributed by atoms with Crippen LogP contribution in [0.5, 0.6) is 0 Å². The molecule has 4 heteroatoms. The molecule has 9 heavy (non-hydrogen) atoms. The third kappa shape index (κ3) is 1.19. The molecule has 2 unspecified atom stereocenters. The molecule has 0 aromatic carbocycles. The predicted octanol–water partition coefficient (Wildman–Crippen LogP) is -0.308. The fourth-order valence-electron chi connectivity index (χ4n) is 0.799. The first-order valence-electron chi connectivity index (χ1n) is 2.78. The molecule has 4 atom stereocenters. The van der Waals surface area contributed by atoms with E-state index in [4.69, 9.17) is 26.6 Å². The second kappa shape index (κ2) is 2.42. The van der Waals surface area contributed by atoms with E-state index in [-0.39, 0.29) is 6.10 Å². The van der Waals surface area contributed by atoms with Gasteiger partial charge in [0.1, 0.15) is 12.2 Å². The van der Waals surface area contributed by atoms with Gasteiger partial charge in [-0.3, -0.25) is 0 Å². The molecule has 0 spiro atoms. The molecule has 1 saturated heterocycles. The van der Waals surface area contributed by atoms with E-state index < -0.39 is 17.8 Å². The highest BCUT2D eigenvalue weighted by Gasteiger charge is 2.38. The first-order chi connectivity index (χ1) is 4.13. The maximum Gasteiger partial charge on any atom is 0.160 e. The van der Waals surface area contributed by atoms with E-state index in [2.05, 4.69) is 0 Å². The number of hydrogen-bond acceptors (Lipinski definition) is 3. The second-order valence-electron chi connectivity index (χ2n) is 2.17. The van der Waals surface area contributed by atoms with Crippen LogP contribution in [0.25, 0.3) is 0 Å². The first-order valence-corrected chi connectivity index (χ1v) is 3.22. The summed E-state index contributed by atoms with van der Waals surface area (Å²) >= 11 is 5.42. The van der Waals surface area contributed by atoms with Gasteiger partial charge in [0, 0.05) is 0 Å². The number of ether oxygens (including phenoxy) is 1. The van der Waals surface area contributed by atoms with Gasteiger partial charge >= 0.3 is 0 Å². The van der Waals surface area contributed by atoms with Crippen molar-refractivity contribution in [3.63, 3.8) is 0 Å². The number of rotatable bonds is 0. The van der Waals surface area contributed by atoms with Crippen molar-refractivity contribution in [3.05, 3.63) is 0 Å². The average molecular weight is 153 g/mol. The van der Waals surface area contributed by atoms with Crippen LogP contribution in [0.2, 0.25) is 0 Å². The zero-order valence-corrected chi connectivity index (χ0v) is 5.75. The molecule has 0 saturated carbocycles. The molecule has 0 amide bonds. The molecule has 0 aromatic rings. The molecule has 1 heterocycles. The van der Waals surface area contributed by atoms with E-state index >= 15 is 0 Å². The largest absolute Gasteiger partial charge is 0.388 e. The van der Waals surface area contributed by atoms with Crippen LogP contribution in [0, 0.1) is 0 Å². The molecule has 3 nitrogen and oxygen atoms in total. The van der Waals surface area contributed by atoms with Gasteiger partial charge in [-0.25, -0.2) is 0 Å². The van der Waals surface area contributed by atoms with E-state index in [1.807, 2.05) is 0 Å².